The molecule has 0 saturated carbocycles. The number of piperidine rings is 1. The van der Waals surface area contributed by atoms with E-state index in [2.05, 4.69) is 24.0 Å². The van der Waals surface area contributed by atoms with Crippen LogP contribution in [0.15, 0.2) is 0 Å². The Morgan fingerprint density at radius 3 is 2.59 bits per heavy atom. The van der Waals surface area contributed by atoms with Crippen molar-refractivity contribution in [1.29, 1.82) is 0 Å². The lowest BCUT2D eigenvalue weighted by molar-refractivity contribution is 0.0119. The zero-order chi connectivity index (χ0) is 16.2. The molecule has 5 heteroatoms. The number of amides is 1. The van der Waals surface area contributed by atoms with Crippen LogP contribution in [0.4, 0.5) is 4.79 Å². The molecular weight excluding hydrogens is 296 g/mol. The first-order valence-corrected chi connectivity index (χ1v) is 9.69. The van der Waals surface area contributed by atoms with Crippen LogP contribution in [0.1, 0.15) is 47.0 Å². The third-order valence-corrected chi connectivity index (χ3v) is 5.86. The van der Waals surface area contributed by atoms with Crippen LogP contribution in [-0.2, 0) is 4.74 Å². The van der Waals surface area contributed by atoms with Gasteiger partial charge in [-0.25, -0.2) is 4.79 Å². The molecule has 2 heterocycles. The van der Waals surface area contributed by atoms with E-state index in [4.69, 9.17) is 4.74 Å². The monoisotopic (exact) mass is 328 g/mol. The maximum absolute atomic E-state index is 12.1. The van der Waals surface area contributed by atoms with E-state index >= 15 is 0 Å². The molecule has 0 bridgehead atoms. The van der Waals surface area contributed by atoms with Crippen LogP contribution in [-0.4, -0.2) is 54.3 Å². The summed E-state index contributed by atoms with van der Waals surface area (Å²) in [5.74, 6) is 3.50. The van der Waals surface area contributed by atoms with Gasteiger partial charge in [-0.3, -0.25) is 0 Å². The Morgan fingerprint density at radius 1 is 1.36 bits per heavy atom. The van der Waals surface area contributed by atoms with Crippen molar-refractivity contribution < 1.29 is 9.53 Å². The van der Waals surface area contributed by atoms with Gasteiger partial charge in [0.05, 0.1) is 0 Å². The van der Waals surface area contributed by atoms with E-state index < -0.39 is 5.60 Å². The molecule has 0 aromatic rings. The lowest BCUT2D eigenvalue weighted by atomic mass is 9.80. The van der Waals surface area contributed by atoms with Gasteiger partial charge in [-0.05, 0) is 69.4 Å². The van der Waals surface area contributed by atoms with Crippen molar-refractivity contribution in [2.45, 2.75) is 52.6 Å². The molecule has 0 aromatic heterocycles. The minimum Gasteiger partial charge on any atom is -0.444 e. The molecule has 2 rings (SSSR count). The first kappa shape index (κ1) is 17.9. The van der Waals surface area contributed by atoms with Gasteiger partial charge in [0, 0.05) is 19.6 Å². The van der Waals surface area contributed by atoms with E-state index in [1.54, 1.807) is 0 Å². The number of rotatable bonds is 4. The summed E-state index contributed by atoms with van der Waals surface area (Å²) in [6, 6.07) is 0. The quantitative estimate of drug-likeness (QED) is 0.859. The highest BCUT2D eigenvalue weighted by Gasteiger charge is 2.33. The molecule has 0 aliphatic carbocycles. The molecule has 0 spiro atoms. The van der Waals surface area contributed by atoms with Gasteiger partial charge in [0.15, 0.2) is 0 Å². The van der Waals surface area contributed by atoms with E-state index in [0.29, 0.717) is 5.41 Å². The first-order valence-electron chi connectivity index (χ1n) is 8.54. The van der Waals surface area contributed by atoms with Gasteiger partial charge in [-0.2, -0.15) is 11.8 Å². The molecule has 128 valence electrons. The normalized spacial score (nSPS) is 25.3. The third-order valence-electron chi connectivity index (χ3n) is 4.63. The highest BCUT2D eigenvalue weighted by atomic mass is 32.2. The average molecular weight is 329 g/mol. The number of nitrogens with zero attached hydrogens (tertiary/aromatic N) is 1. The number of likely N-dealkylation sites (tertiary alicyclic amines) is 1. The number of ether oxygens (including phenoxy) is 1. The van der Waals surface area contributed by atoms with Crippen molar-refractivity contribution >= 4 is 17.9 Å². The first-order chi connectivity index (χ1) is 10.3. The van der Waals surface area contributed by atoms with Crippen LogP contribution in [0.2, 0.25) is 0 Å². The van der Waals surface area contributed by atoms with Crippen molar-refractivity contribution in [3.05, 3.63) is 0 Å². The standard InChI is InChI=1S/C17H32N2O2S/c1-16(2,3)21-15(20)19-8-6-17(4,7-9-19)13-18-11-14-5-10-22-12-14/h14,18H,5-13H2,1-4H3. The van der Waals surface area contributed by atoms with Gasteiger partial charge in [0.2, 0.25) is 0 Å². The van der Waals surface area contributed by atoms with Crippen LogP contribution in [0, 0.1) is 11.3 Å². The van der Waals surface area contributed by atoms with Gasteiger partial charge in [-0.15, -0.1) is 0 Å². The fraction of sp³-hybridized carbons (Fsp3) is 0.941. The molecule has 1 amide bonds. The van der Waals surface area contributed by atoms with Gasteiger partial charge in [-0.1, -0.05) is 6.92 Å². The molecule has 22 heavy (non-hydrogen) atoms. The topological polar surface area (TPSA) is 41.6 Å². The van der Waals surface area contributed by atoms with Gasteiger partial charge < -0.3 is 15.0 Å². The maximum atomic E-state index is 12.1. The zero-order valence-corrected chi connectivity index (χ0v) is 15.4. The largest absolute Gasteiger partial charge is 0.444 e. The Labute approximate surface area is 139 Å². The maximum Gasteiger partial charge on any atom is 0.410 e. The summed E-state index contributed by atoms with van der Waals surface area (Å²) in [7, 11) is 0. The molecule has 2 aliphatic rings. The number of hydrogen-bond acceptors (Lipinski definition) is 4. The van der Waals surface area contributed by atoms with E-state index in [0.717, 1.165) is 44.9 Å². The minimum absolute atomic E-state index is 0.162. The Kier molecular flexibility index (Phi) is 6.06. The second kappa shape index (κ2) is 7.43. The van der Waals surface area contributed by atoms with Crippen molar-refractivity contribution in [2.75, 3.05) is 37.7 Å². The van der Waals surface area contributed by atoms with E-state index in [1.165, 1.54) is 17.9 Å². The smallest absolute Gasteiger partial charge is 0.410 e. The van der Waals surface area contributed by atoms with Crippen molar-refractivity contribution in [3.63, 3.8) is 0 Å². The SMILES string of the molecule is CC1(CNCC2CCSC2)CCN(C(=O)OC(C)(C)C)CC1. The van der Waals surface area contributed by atoms with Crippen molar-refractivity contribution in [1.82, 2.24) is 10.2 Å². The highest BCUT2D eigenvalue weighted by Crippen LogP contribution is 2.31. The third kappa shape index (κ3) is 5.65. The van der Waals surface area contributed by atoms with Crippen LogP contribution < -0.4 is 5.32 Å². The molecule has 2 fully saturated rings. The van der Waals surface area contributed by atoms with Gasteiger partial charge >= 0.3 is 6.09 Å². The van der Waals surface area contributed by atoms with Crippen molar-refractivity contribution in [3.8, 4) is 0 Å². The van der Waals surface area contributed by atoms with Crippen molar-refractivity contribution in [2.24, 2.45) is 11.3 Å². The predicted molar refractivity (Wildman–Crippen MR) is 93.4 cm³/mol. The summed E-state index contributed by atoms with van der Waals surface area (Å²) in [6.07, 6.45) is 3.31. The molecule has 0 radical (unpaired) electrons. The summed E-state index contributed by atoms with van der Waals surface area (Å²) in [4.78, 5) is 14.0. The predicted octanol–water partition coefficient (Wildman–Crippen LogP) is 3.37. The molecule has 2 aliphatic heterocycles. The number of carbonyl (C=O) groups excluding carboxylic acids is 1. The van der Waals surface area contributed by atoms with Gasteiger partial charge in [0.1, 0.15) is 5.60 Å². The van der Waals surface area contributed by atoms with E-state index in [-0.39, 0.29) is 6.09 Å². The fourth-order valence-corrected chi connectivity index (χ4v) is 4.34. The number of hydrogen-bond donors (Lipinski definition) is 1. The minimum atomic E-state index is -0.404. The van der Waals surface area contributed by atoms with Crippen LogP contribution >= 0.6 is 11.8 Å². The average Bonchev–Trinajstić information content (AvgIpc) is 2.90. The van der Waals surface area contributed by atoms with Crippen LogP contribution in [0.5, 0.6) is 0 Å². The summed E-state index contributed by atoms with van der Waals surface area (Å²) < 4.78 is 5.46. The molecule has 0 aromatic carbocycles. The Bertz CT molecular complexity index is 367. The Balaban J connectivity index is 1.69. The number of nitrogens with one attached hydrogen (secondary N) is 1. The highest BCUT2D eigenvalue weighted by molar-refractivity contribution is 7.99. The molecule has 1 unspecified atom stereocenters. The molecule has 4 nitrogen and oxygen atoms in total. The second-order valence-corrected chi connectivity index (χ2v) is 9.29. The number of carbonyl (C=O) groups is 1. The van der Waals surface area contributed by atoms with E-state index in [1.807, 2.05) is 25.7 Å². The van der Waals surface area contributed by atoms with Gasteiger partial charge in [0.25, 0.3) is 0 Å². The van der Waals surface area contributed by atoms with E-state index in [9.17, 15) is 4.79 Å². The summed E-state index contributed by atoms with van der Waals surface area (Å²) in [5.41, 5.74) is -0.0943. The Morgan fingerprint density at radius 2 is 2.05 bits per heavy atom. The summed E-state index contributed by atoms with van der Waals surface area (Å²) >= 11 is 2.08. The fourth-order valence-electron chi connectivity index (χ4n) is 3.05. The number of thioether (sulfide) groups is 1. The molecule has 1 N–H and O–H groups in total. The lowest BCUT2D eigenvalue weighted by Gasteiger charge is -2.40. The molecular formula is C17H32N2O2S. The molecule has 1 atom stereocenters. The molecule has 2 saturated heterocycles. The Hall–Kier alpha value is -0.420. The second-order valence-electron chi connectivity index (χ2n) is 8.14. The zero-order valence-electron chi connectivity index (χ0n) is 14.6. The van der Waals surface area contributed by atoms with Crippen LogP contribution in [0.3, 0.4) is 0 Å². The van der Waals surface area contributed by atoms with Crippen LogP contribution in [0.25, 0.3) is 0 Å². The summed E-state index contributed by atoms with van der Waals surface area (Å²) in [5, 5.41) is 3.67. The summed E-state index contributed by atoms with van der Waals surface area (Å²) in [6.45, 7) is 11.9. The lowest BCUT2D eigenvalue weighted by Crippen LogP contribution is -2.47.